The maximum Gasteiger partial charge on any atom is 0.320 e. The summed E-state index contributed by atoms with van der Waals surface area (Å²) >= 11 is 1.58. The number of carboxylic acid groups (broad SMARTS) is 1. The van der Waals surface area contributed by atoms with Gasteiger partial charge in [-0.3, -0.25) is 14.3 Å². The van der Waals surface area contributed by atoms with E-state index in [1.165, 1.54) is 12.1 Å². The first-order chi connectivity index (χ1) is 15.8. The van der Waals surface area contributed by atoms with Gasteiger partial charge >= 0.3 is 5.97 Å². The molecule has 0 spiro atoms. The Balaban J connectivity index is 1.65. The zero-order chi connectivity index (χ0) is 23.6. The van der Waals surface area contributed by atoms with Crippen molar-refractivity contribution in [2.75, 3.05) is 25.8 Å². The largest absolute Gasteiger partial charge is 0.480 e. The molecule has 4 rings (SSSR count). The van der Waals surface area contributed by atoms with Gasteiger partial charge in [-0.25, -0.2) is 4.39 Å². The maximum atomic E-state index is 14.2. The number of carbonyl (C=O) groups is 1. The van der Waals surface area contributed by atoms with E-state index < -0.39 is 18.5 Å². The van der Waals surface area contributed by atoms with Crippen molar-refractivity contribution in [1.29, 1.82) is 0 Å². The summed E-state index contributed by atoms with van der Waals surface area (Å²) in [6.07, 6.45) is 1.10. The third kappa shape index (κ3) is 4.77. The number of nitrogens with zero attached hydrogens (tertiary/aromatic N) is 1. The van der Waals surface area contributed by atoms with E-state index in [4.69, 9.17) is 5.73 Å². The van der Waals surface area contributed by atoms with Gasteiger partial charge < -0.3 is 15.7 Å². The van der Waals surface area contributed by atoms with Crippen molar-refractivity contribution in [1.82, 2.24) is 4.90 Å². The van der Waals surface area contributed by atoms with Crippen LogP contribution >= 0.6 is 18.7 Å². The summed E-state index contributed by atoms with van der Waals surface area (Å²) in [5.41, 5.74) is 7.18. The Morgan fingerprint density at radius 2 is 2.00 bits per heavy atom. The van der Waals surface area contributed by atoms with Crippen LogP contribution in [0.3, 0.4) is 0 Å². The number of aliphatic carboxylic acids is 1. The Bertz CT molecular complexity index is 1180. The van der Waals surface area contributed by atoms with E-state index in [1.807, 2.05) is 35.2 Å². The molecule has 2 heterocycles. The number of nitrogens with two attached hydrogens (primary N) is 1. The highest BCUT2D eigenvalue weighted by Gasteiger charge is 2.56. The zero-order valence-corrected chi connectivity index (χ0v) is 20.0. The average Bonchev–Trinajstić information content (AvgIpc) is 3.21. The monoisotopic (exact) mass is 490 g/mol. The predicted octanol–water partition coefficient (Wildman–Crippen LogP) is 4.75. The van der Waals surface area contributed by atoms with Crippen LogP contribution in [0.25, 0.3) is 20.5 Å². The second-order valence-corrected chi connectivity index (χ2v) is 12.5. The fourth-order valence-electron chi connectivity index (χ4n) is 4.60. The first-order valence-corrected chi connectivity index (χ1v) is 13.7. The maximum absolute atomic E-state index is 14.2. The van der Waals surface area contributed by atoms with Crippen molar-refractivity contribution < 1.29 is 23.7 Å². The topological polar surface area (TPSA) is 104 Å². The van der Waals surface area contributed by atoms with E-state index in [0.717, 1.165) is 26.1 Å². The lowest BCUT2D eigenvalue weighted by Gasteiger charge is -2.43. The molecule has 3 aromatic rings. The van der Waals surface area contributed by atoms with Crippen LogP contribution in [0, 0.1) is 5.82 Å². The second-order valence-electron chi connectivity index (χ2n) is 8.67. The number of hydrogen-bond donors (Lipinski definition) is 3. The molecule has 2 aromatic carbocycles. The summed E-state index contributed by atoms with van der Waals surface area (Å²) < 4.78 is 28.3. The number of carboxylic acids is 1. The smallest absolute Gasteiger partial charge is 0.320 e. The van der Waals surface area contributed by atoms with Crippen molar-refractivity contribution >= 4 is 34.8 Å². The van der Waals surface area contributed by atoms with E-state index in [1.54, 1.807) is 17.4 Å². The number of fused-ring (bicyclic) bond motifs is 1. The number of unbranched alkanes of at least 4 members (excludes halogenated alkanes) is 1. The fraction of sp³-hybridized carbons (Fsp3) is 0.375. The van der Waals surface area contributed by atoms with Gasteiger partial charge in [0.05, 0.1) is 0 Å². The molecule has 1 aromatic heterocycles. The molecular weight excluding hydrogens is 462 g/mol. The highest BCUT2D eigenvalue weighted by atomic mass is 32.1. The van der Waals surface area contributed by atoms with Crippen LogP contribution in [0.4, 0.5) is 4.39 Å². The predicted molar refractivity (Wildman–Crippen MR) is 130 cm³/mol. The normalized spacial score (nSPS) is 23.7. The highest BCUT2D eigenvalue weighted by molar-refractivity contribution is 7.61. The number of hydrogen-bond acceptors (Lipinski definition) is 5. The van der Waals surface area contributed by atoms with E-state index >= 15 is 0 Å². The molecule has 9 heteroatoms. The lowest BCUT2D eigenvalue weighted by Crippen LogP contribution is -2.53. The molecule has 1 aliphatic heterocycles. The van der Waals surface area contributed by atoms with Crippen LogP contribution in [0.1, 0.15) is 24.8 Å². The van der Waals surface area contributed by atoms with E-state index in [9.17, 15) is 23.7 Å². The van der Waals surface area contributed by atoms with Crippen molar-refractivity contribution in [2.45, 2.75) is 31.0 Å². The van der Waals surface area contributed by atoms with Gasteiger partial charge in [0, 0.05) is 35.4 Å². The van der Waals surface area contributed by atoms with E-state index in [-0.39, 0.29) is 24.9 Å². The Labute approximate surface area is 196 Å². The molecule has 0 amide bonds. The fourth-order valence-corrected chi connectivity index (χ4v) is 7.92. The van der Waals surface area contributed by atoms with E-state index in [0.29, 0.717) is 32.5 Å². The molecule has 1 fully saturated rings. The second kappa shape index (κ2) is 9.65. The lowest BCUT2D eigenvalue weighted by molar-refractivity contribution is -0.141. The highest BCUT2D eigenvalue weighted by Crippen LogP contribution is 2.59. The van der Waals surface area contributed by atoms with Gasteiger partial charge in [0.2, 0.25) is 7.37 Å². The van der Waals surface area contributed by atoms with Crippen molar-refractivity contribution in [2.24, 2.45) is 5.73 Å². The molecule has 6 nitrogen and oxygen atoms in total. The van der Waals surface area contributed by atoms with Crippen LogP contribution in [-0.2, 0) is 15.9 Å². The standard InChI is InChI=1S/C24H28FN2O4PS/c25-19-8-7-18(20(14-19)22-13-17-5-1-2-6-21(17)33-22)15-27-11-12-32(30,31)24(16-27,23(28)29)9-3-4-10-26/h1-2,5-8,13-14H,3-4,9-12,15-16,26H2,(H,28,29)(H,30,31)/t24-/m0/s1. The molecule has 2 atom stereocenters. The van der Waals surface area contributed by atoms with Gasteiger partial charge in [0.15, 0.2) is 5.16 Å². The minimum atomic E-state index is -3.90. The molecule has 0 aliphatic carbocycles. The summed E-state index contributed by atoms with van der Waals surface area (Å²) in [4.78, 5) is 25.8. The van der Waals surface area contributed by atoms with Crippen LogP contribution in [0.2, 0.25) is 0 Å². The summed E-state index contributed by atoms with van der Waals surface area (Å²) in [6, 6.07) is 14.6. The summed E-state index contributed by atoms with van der Waals surface area (Å²) in [6.45, 7) is 1.06. The Morgan fingerprint density at radius 1 is 1.21 bits per heavy atom. The molecule has 4 N–H and O–H groups in total. The summed E-state index contributed by atoms with van der Waals surface area (Å²) in [7, 11) is -3.90. The van der Waals surface area contributed by atoms with Gasteiger partial charge in [-0.1, -0.05) is 30.7 Å². The molecule has 1 aliphatic rings. The number of thiophene rings is 1. The number of halogens is 1. The van der Waals surface area contributed by atoms with Crippen LogP contribution in [0.15, 0.2) is 48.5 Å². The Kier molecular flexibility index (Phi) is 7.03. The first-order valence-electron chi connectivity index (χ1n) is 11.0. The molecule has 0 radical (unpaired) electrons. The molecule has 0 bridgehead atoms. The zero-order valence-electron chi connectivity index (χ0n) is 18.2. The third-order valence-corrected chi connectivity index (χ3v) is 10.3. The van der Waals surface area contributed by atoms with Crippen LogP contribution in [-0.4, -0.2) is 51.8 Å². The molecular formula is C24H28FN2O4PS. The Hall–Kier alpha value is -2.09. The van der Waals surface area contributed by atoms with E-state index in [2.05, 4.69) is 0 Å². The van der Waals surface area contributed by atoms with Gasteiger partial charge in [-0.2, -0.15) is 0 Å². The SMILES string of the molecule is NCCCC[C@@]1(C(=O)O)CN(Cc2ccc(F)cc2-c2cc3ccccc3s2)CCP1(=O)O. The third-order valence-electron chi connectivity index (χ3n) is 6.47. The summed E-state index contributed by atoms with van der Waals surface area (Å²) in [5.74, 6) is -1.58. The van der Waals surface area contributed by atoms with Gasteiger partial charge in [-0.05, 0) is 60.2 Å². The van der Waals surface area contributed by atoms with Crippen LogP contribution in [0.5, 0.6) is 0 Å². The Morgan fingerprint density at radius 3 is 2.73 bits per heavy atom. The summed E-state index contributed by atoms with van der Waals surface area (Å²) in [5, 5.41) is 9.39. The van der Waals surface area contributed by atoms with Gasteiger partial charge in [0.1, 0.15) is 5.82 Å². The van der Waals surface area contributed by atoms with Crippen molar-refractivity contribution in [3.05, 3.63) is 59.9 Å². The minimum Gasteiger partial charge on any atom is -0.480 e. The average molecular weight is 491 g/mol. The molecule has 0 saturated carbocycles. The van der Waals surface area contributed by atoms with Crippen molar-refractivity contribution in [3.63, 3.8) is 0 Å². The first kappa shape index (κ1) is 24.0. The van der Waals surface area contributed by atoms with Gasteiger partial charge in [0.25, 0.3) is 0 Å². The van der Waals surface area contributed by atoms with Crippen molar-refractivity contribution in [3.8, 4) is 10.4 Å². The number of rotatable bonds is 8. The molecule has 1 unspecified atom stereocenters. The number of benzene rings is 2. The molecule has 1 saturated heterocycles. The minimum absolute atomic E-state index is 0.0239. The van der Waals surface area contributed by atoms with Crippen LogP contribution < -0.4 is 5.73 Å². The van der Waals surface area contributed by atoms with Gasteiger partial charge in [-0.15, -0.1) is 11.3 Å². The molecule has 33 heavy (non-hydrogen) atoms. The lowest BCUT2D eigenvalue weighted by atomic mass is 9.98. The quantitative estimate of drug-likeness (QED) is 0.311. The molecule has 176 valence electrons.